The van der Waals surface area contributed by atoms with Crippen LogP contribution < -0.4 is 5.32 Å². The monoisotopic (exact) mass is 233 g/mol. The van der Waals surface area contributed by atoms with Gasteiger partial charge in [0.25, 0.3) is 0 Å². The summed E-state index contributed by atoms with van der Waals surface area (Å²) in [6, 6.07) is 2.03. The molecule has 0 fully saturated rings. The van der Waals surface area contributed by atoms with Gasteiger partial charge in [0.15, 0.2) is 5.65 Å². The van der Waals surface area contributed by atoms with Crippen LogP contribution in [-0.4, -0.2) is 47.0 Å². The van der Waals surface area contributed by atoms with Gasteiger partial charge < -0.3 is 15.2 Å². The molecule has 0 aliphatic heterocycles. The number of fused-ring (bicyclic) bond motifs is 1. The van der Waals surface area contributed by atoms with Crippen molar-refractivity contribution in [3.05, 3.63) is 24.2 Å². The molecule has 0 saturated heterocycles. The molecule has 2 aromatic heterocycles. The Morgan fingerprint density at radius 2 is 2.24 bits per heavy atom. The molecule has 0 bridgehead atoms. The summed E-state index contributed by atoms with van der Waals surface area (Å²) in [4.78, 5) is 13.7. The van der Waals surface area contributed by atoms with Gasteiger partial charge in [0.05, 0.1) is 11.8 Å². The number of hydrogen-bond donors (Lipinski definition) is 2. The van der Waals surface area contributed by atoms with Gasteiger partial charge in [0.2, 0.25) is 0 Å². The molecule has 0 spiro atoms. The molecule has 2 heterocycles. The van der Waals surface area contributed by atoms with E-state index in [1.54, 1.807) is 12.5 Å². The molecule has 2 aromatic rings. The highest BCUT2D eigenvalue weighted by atomic mass is 15.1. The molecule has 0 amide bonds. The van der Waals surface area contributed by atoms with Gasteiger partial charge in [-0.15, -0.1) is 0 Å². The van der Waals surface area contributed by atoms with Crippen LogP contribution in [0.25, 0.3) is 11.2 Å². The van der Waals surface area contributed by atoms with Crippen molar-refractivity contribution in [1.82, 2.24) is 25.2 Å². The number of aromatic amines is 1. The average Bonchev–Trinajstić information content (AvgIpc) is 2.77. The van der Waals surface area contributed by atoms with Gasteiger partial charge in [0, 0.05) is 12.7 Å². The molecule has 0 unspecified atom stereocenters. The largest absolute Gasteiger partial charge is 0.343 e. The quantitative estimate of drug-likeness (QED) is 0.731. The van der Waals surface area contributed by atoms with E-state index in [9.17, 15) is 0 Å². The van der Waals surface area contributed by atoms with E-state index >= 15 is 0 Å². The van der Waals surface area contributed by atoms with Gasteiger partial charge in [-0.3, -0.25) is 0 Å². The fourth-order valence-electron chi connectivity index (χ4n) is 1.79. The van der Waals surface area contributed by atoms with E-state index in [0.717, 1.165) is 37.2 Å². The highest BCUT2D eigenvalue weighted by Crippen LogP contribution is 2.11. The summed E-state index contributed by atoms with van der Waals surface area (Å²) >= 11 is 0. The SMILES string of the molecule is CN(C)CCCNCc1ccnc2nc[nH]c12. The van der Waals surface area contributed by atoms with Crippen LogP contribution in [0.15, 0.2) is 18.6 Å². The molecule has 17 heavy (non-hydrogen) atoms. The third-order valence-corrected chi connectivity index (χ3v) is 2.69. The molecule has 0 atom stereocenters. The number of imidazole rings is 1. The minimum Gasteiger partial charge on any atom is -0.343 e. The van der Waals surface area contributed by atoms with E-state index < -0.39 is 0 Å². The Morgan fingerprint density at radius 3 is 3.06 bits per heavy atom. The molecular weight excluding hydrogens is 214 g/mol. The van der Waals surface area contributed by atoms with Gasteiger partial charge in [-0.25, -0.2) is 9.97 Å². The number of nitrogens with one attached hydrogen (secondary N) is 2. The molecular formula is C12H19N5. The molecule has 0 aromatic carbocycles. The third-order valence-electron chi connectivity index (χ3n) is 2.69. The Kier molecular flexibility index (Phi) is 4.06. The number of aromatic nitrogens is 3. The van der Waals surface area contributed by atoms with Crippen LogP contribution in [0.2, 0.25) is 0 Å². The zero-order valence-electron chi connectivity index (χ0n) is 10.4. The predicted octanol–water partition coefficient (Wildman–Crippen LogP) is 0.999. The number of pyridine rings is 1. The lowest BCUT2D eigenvalue weighted by Crippen LogP contribution is -2.21. The first-order chi connectivity index (χ1) is 8.27. The summed E-state index contributed by atoms with van der Waals surface area (Å²) in [6.45, 7) is 2.99. The number of rotatable bonds is 6. The van der Waals surface area contributed by atoms with Crippen LogP contribution >= 0.6 is 0 Å². The normalized spacial score (nSPS) is 11.5. The standard InChI is InChI=1S/C12H19N5/c1-17(2)7-3-5-13-8-10-4-6-14-12-11(10)15-9-16-12/h4,6,9,13H,3,5,7-8H2,1-2H3,(H,14,15,16). The van der Waals surface area contributed by atoms with Crippen molar-refractivity contribution in [2.24, 2.45) is 0 Å². The smallest absolute Gasteiger partial charge is 0.177 e. The number of nitrogens with zero attached hydrogens (tertiary/aromatic N) is 3. The van der Waals surface area contributed by atoms with Crippen LogP contribution in [0.4, 0.5) is 0 Å². The molecule has 0 radical (unpaired) electrons. The summed E-state index contributed by atoms with van der Waals surface area (Å²) in [5, 5.41) is 3.44. The molecule has 0 saturated carbocycles. The highest BCUT2D eigenvalue weighted by molar-refractivity contribution is 5.73. The van der Waals surface area contributed by atoms with Crippen molar-refractivity contribution in [2.45, 2.75) is 13.0 Å². The van der Waals surface area contributed by atoms with E-state index in [4.69, 9.17) is 0 Å². The molecule has 92 valence electrons. The van der Waals surface area contributed by atoms with E-state index in [1.807, 2.05) is 6.07 Å². The van der Waals surface area contributed by atoms with Crippen LogP contribution in [0.1, 0.15) is 12.0 Å². The second-order valence-electron chi connectivity index (χ2n) is 4.40. The number of H-pyrrole nitrogens is 1. The summed E-state index contributed by atoms with van der Waals surface area (Å²) in [6.07, 6.45) is 4.65. The van der Waals surface area contributed by atoms with Gasteiger partial charge >= 0.3 is 0 Å². The molecule has 0 aliphatic rings. The van der Waals surface area contributed by atoms with Crippen LogP contribution in [0.3, 0.4) is 0 Å². The summed E-state index contributed by atoms with van der Waals surface area (Å²) < 4.78 is 0. The molecule has 2 rings (SSSR count). The lowest BCUT2D eigenvalue weighted by atomic mass is 10.2. The number of hydrogen-bond acceptors (Lipinski definition) is 4. The third kappa shape index (κ3) is 3.25. The zero-order valence-corrected chi connectivity index (χ0v) is 10.4. The van der Waals surface area contributed by atoms with E-state index in [0.29, 0.717) is 0 Å². The maximum absolute atomic E-state index is 4.19. The first kappa shape index (κ1) is 12.0. The Hall–Kier alpha value is -1.46. The summed E-state index contributed by atoms with van der Waals surface area (Å²) in [7, 11) is 4.19. The van der Waals surface area contributed by atoms with Crippen molar-refractivity contribution in [3.8, 4) is 0 Å². The minimum absolute atomic E-state index is 0.789. The average molecular weight is 233 g/mol. The Morgan fingerprint density at radius 1 is 1.35 bits per heavy atom. The molecule has 5 heteroatoms. The Bertz CT molecular complexity index is 463. The zero-order chi connectivity index (χ0) is 12.1. The fourth-order valence-corrected chi connectivity index (χ4v) is 1.79. The van der Waals surface area contributed by atoms with Crippen molar-refractivity contribution >= 4 is 11.2 Å². The maximum Gasteiger partial charge on any atom is 0.177 e. The van der Waals surface area contributed by atoms with Gasteiger partial charge in [-0.05, 0) is 45.2 Å². The van der Waals surface area contributed by atoms with Gasteiger partial charge in [-0.1, -0.05) is 0 Å². The van der Waals surface area contributed by atoms with Crippen molar-refractivity contribution < 1.29 is 0 Å². The molecule has 2 N–H and O–H groups in total. The predicted molar refractivity (Wildman–Crippen MR) is 68.8 cm³/mol. The highest BCUT2D eigenvalue weighted by Gasteiger charge is 2.02. The van der Waals surface area contributed by atoms with E-state index in [1.165, 1.54) is 5.56 Å². The van der Waals surface area contributed by atoms with Crippen LogP contribution in [-0.2, 0) is 6.54 Å². The lowest BCUT2D eigenvalue weighted by Gasteiger charge is -2.09. The maximum atomic E-state index is 4.19. The van der Waals surface area contributed by atoms with E-state index in [2.05, 4.69) is 39.3 Å². The molecule has 0 aliphatic carbocycles. The van der Waals surface area contributed by atoms with Crippen LogP contribution in [0.5, 0.6) is 0 Å². The second-order valence-corrected chi connectivity index (χ2v) is 4.40. The summed E-state index contributed by atoms with van der Waals surface area (Å²) in [5.74, 6) is 0. The van der Waals surface area contributed by atoms with Crippen molar-refractivity contribution in [2.75, 3.05) is 27.2 Å². The topological polar surface area (TPSA) is 56.8 Å². The summed E-state index contributed by atoms with van der Waals surface area (Å²) in [5.41, 5.74) is 3.04. The lowest BCUT2D eigenvalue weighted by molar-refractivity contribution is 0.394. The second kappa shape index (κ2) is 5.75. The first-order valence-electron chi connectivity index (χ1n) is 5.90. The Balaban J connectivity index is 1.84. The van der Waals surface area contributed by atoms with Gasteiger partial charge in [-0.2, -0.15) is 0 Å². The van der Waals surface area contributed by atoms with Crippen LogP contribution in [0, 0.1) is 0 Å². The fraction of sp³-hybridized carbons (Fsp3) is 0.500. The Labute approximate surface area is 101 Å². The first-order valence-corrected chi connectivity index (χ1v) is 5.90. The minimum atomic E-state index is 0.789. The van der Waals surface area contributed by atoms with Crippen molar-refractivity contribution in [3.63, 3.8) is 0 Å². The van der Waals surface area contributed by atoms with E-state index in [-0.39, 0.29) is 0 Å². The molecule has 5 nitrogen and oxygen atoms in total. The van der Waals surface area contributed by atoms with Crippen molar-refractivity contribution in [1.29, 1.82) is 0 Å². The van der Waals surface area contributed by atoms with Gasteiger partial charge in [0.1, 0.15) is 0 Å².